The summed E-state index contributed by atoms with van der Waals surface area (Å²) in [5.41, 5.74) is 12.3. The van der Waals surface area contributed by atoms with Crippen molar-refractivity contribution < 1.29 is 52.0 Å². The molecule has 4 aromatic rings. The Morgan fingerprint density at radius 2 is 1.11 bits per heavy atom. The van der Waals surface area contributed by atoms with E-state index in [4.69, 9.17) is 35.5 Å². The molecular formula is C48H64F2N12O9. The van der Waals surface area contributed by atoms with E-state index < -0.39 is 29.2 Å². The van der Waals surface area contributed by atoms with Crippen LogP contribution in [-0.2, 0) is 19.1 Å². The normalized spacial score (nSPS) is 16.9. The van der Waals surface area contributed by atoms with E-state index in [1.54, 1.807) is 0 Å². The zero-order valence-corrected chi connectivity index (χ0v) is 40.2. The number of amides is 1. The third kappa shape index (κ3) is 16.2. The molecule has 4 saturated heterocycles. The Labute approximate surface area is 411 Å². The van der Waals surface area contributed by atoms with Crippen LogP contribution in [0.1, 0.15) is 70.4 Å². The van der Waals surface area contributed by atoms with E-state index in [0.29, 0.717) is 38.0 Å². The second-order valence-corrected chi connectivity index (χ2v) is 17.1. The maximum absolute atomic E-state index is 13.7. The summed E-state index contributed by atoms with van der Waals surface area (Å²) in [7, 11) is 2.82. The van der Waals surface area contributed by atoms with Crippen LogP contribution in [0.4, 0.5) is 32.3 Å². The Bertz CT molecular complexity index is 2410. The smallest absolute Gasteiger partial charge is 0.304 e. The van der Waals surface area contributed by atoms with Crippen molar-refractivity contribution in [2.45, 2.75) is 50.6 Å². The number of nitrogens with zero attached hydrogens (tertiary/aromatic N) is 7. The van der Waals surface area contributed by atoms with E-state index in [1.165, 1.54) is 50.9 Å². The van der Waals surface area contributed by atoms with Gasteiger partial charge in [-0.05, 0) is 75.2 Å². The fraction of sp³-hybridized carbons (Fsp3) is 0.500. The molecule has 8 rings (SSSR count). The molecule has 0 unspecified atom stereocenters. The second-order valence-electron chi connectivity index (χ2n) is 17.1. The van der Waals surface area contributed by atoms with Crippen molar-refractivity contribution in [1.82, 2.24) is 40.0 Å². The van der Waals surface area contributed by atoms with Gasteiger partial charge in [0.2, 0.25) is 29.4 Å². The summed E-state index contributed by atoms with van der Waals surface area (Å²) < 4.78 is 47.9. The van der Waals surface area contributed by atoms with Crippen LogP contribution in [0.3, 0.4) is 0 Å². The molecule has 0 bridgehead atoms. The number of carbonyl (C=O) groups is 4. The van der Waals surface area contributed by atoms with Crippen molar-refractivity contribution >= 4 is 47.0 Å². The van der Waals surface area contributed by atoms with E-state index in [1.807, 2.05) is 4.90 Å². The van der Waals surface area contributed by atoms with Gasteiger partial charge in [0, 0.05) is 83.3 Å². The first kappa shape index (κ1) is 53.7. The van der Waals surface area contributed by atoms with Crippen molar-refractivity contribution in [3.05, 3.63) is 82.7 Å². The van der Waals surface area contributed by atoms with Crippen molar-refractivity contribution in [1.29, 1.82) is 0 Å². The number of nitrogens with one attached hydrogen (secondary N) is 3. The van der Waals surface area contributed by atoms with E-state index in [9.17, 15) is 28.0 Å². The van der Waals surface area contributed by atoms with Gasteiger partial charge in [0.1, 0.15) is 34.8 Å². The van der Waals surface area contributed by atoms with Gasteiger partial charge in [0.05, 0.1) is 69.3 Å². The van der Waals surface area contributed by atoms with Gasteiger partial charge in [-0.2, -0.15) is 9.97 Å². The van der Waals surface area contributed by atoms with Crippen molar-refractivity contribution in [3.63, 3.8) is 0 Å². The summed E-state index contributed by atoms with van der Waals surface area (Å²) in [6.45, 7) is 11.0. The summed E-state index contributed by atoms with van der Waals surface area (Å²) in [5, 5.41) is 18.1. The average molecular weight is 991 g/mol. The number of piperidine rings is 2. The molecule has 0 saturated carbocycles. The number of carbonyl (C=O) groups excluding carboxylic acids is 3. The number of benzene rings is 2. The zero-order valence-electron chi connectivity index (χ0n) is 40.2. The quantitative estimate of drug-likeness (QED) is 0.0881. The number of ether oxygens (including phenoxy) is 4. The molecule has 4 aliphatic heterocycles. The number of carboxylic acids is 1. The molecule has 71 heavy (non-hydrogen) atoms. The molecule has 2 aromatic carbocycles. The molecule has 6 heterocycles. The standard InChI is InChI=1S/C24H31FN6O4.C17H20FN5O2.C7H13NO3/c1-34-20-3-2-16(25)14-18(20)22(33)19-15-27-24(29-23(19)26)28-17-4-8-31(9-5-17)21(32)6-7-30-10-12-35-13-11-30;1-25-14-3-2-10(18)8-12(14)15(24)13-9-21-17(23-16(13)19)22-11-4-6-20-7-5-11;9-7(10)1-2-8-3-5-11-6-4-8/h2-3,14-15,17H,4-13H2,1H3,(H3,26,27,28,29);2-3,8-9,11,20H,4-7H2,1H3,(H3,19,21,22,23);1-6H2,(H,9,10). The molecule has 2 aromatic heterocycles. The van der Waals surface area contributed by atoms with E-state index in [2.05, 4.69) is 45.7 Å². The van der Waals surface area contributed by atoms with E-state index in [-0.39, 0.29) is 69.8 Å². The lowest BCUT2D eigenvalue weighted by atomic mass is 10.0. The lowest BCUT2D eigenvalue weighted by Gasteiger charge is -2.33. The number of aromatic nitrogens is 4. The largest absolute Gasteiger partial charge is 0.496 e. The SMILES string of the molecule is COc1ccc(F)cc1C(=O)c1cnc(NC2CCN(C(=O)CCN3CCOCC3)CC2)nc1N.COc1ccc(F)cc1C(=O)c1cnc(NC2CCNCC2)nc1N.O=C(O)CCN1CCOCC1. The summed E-state index contributed by atoms with van der Waals surface area (Å²) in [5.74, 6) is -1.41. The number of nitrogens with two attached hydrogens (primary N) is 2. The molecule has 0 spiro atoms. The average Bonchev–Trinajstić information content (AvgIpc) is 3.38. The van der Waals surface area contributed by atoms with Crippen LogP contribution in [0.5, 0.6) is 11.5 Å². The van der Waals surface area contributed by atoms with Gasteiger partial charge in [-0.25, -0.2) is 18.7 Å². The van der Waals surface area contributed by atoms with Crippen LogP contribution >= 0.6 is 0 Å². The van der Waals surface area contributed by atoms with Gasteiger partial charge in [-0.15, -0.1) is 0 Å². The Balaban J connectivity index is 0.000000198. The highest BCUT2D eigenvalue weighted by atomic mass is 19.1. The van der Waals surface area contributed by atoms with Crippen LogP contribution in [0.25, 0.3) is 0 Å². The number of anilines is 4. The van der Waals surface area contributed by atoms with Gasteiger partial charge >= 0.3 is 5.97 Å². The number of nitrogen functional groups attached to an aromatic ring is 2. The molecule has 23 heteroatoms. The molecule has 4 fully saturated rings. The highest BCUT2D eigenvalue weighted by Gasteiger charge is 2.26. The number of morpholine rings is 2. The predicted molar refractivity (Wildman–Crippen MR) is 260 cm³/mol. The van der Waals surface area contributed by atoms with E-state index in [0.717, 1.165) is 110 Å². The fourth-order valence-corrected chi connectivity index (χ4v) is 8.20. The Morgan fingerprint density at radius 1 is 0.676 bits per heavy atom. The van der Waals surface area contributed by atoms with Gasteiger partial charge in [0.15, 0.2) is 0 Å². The maximum atomic E-state index is 13.7. The summed E-state index contributed by atoms with van der Waals surface area (Å²) in [6, 6.07) is 7.78. The van der Waals surface area contributed by atoms with Gasteiger partial charge in [-0.1, -0.05) is 0 Å². The first-order chi connectivity index (χ1) is 34.3. The van der Waals surface area contributed by atoms with Gasteiger partial charge < -0.3 is 56.4 Å². The fourth-order valence-electron chi connectivity index (χ4n) is 8.20. The minimum Gasteiger partial charge on any atom is -0.496 e. The number of methoxy groups -OCH3 is 2. The first-order valence-electron chi connectivity index (χ1n) is 23.7. The summed E-state index contributed by atoms with van der Waals surface area (Å²) in [6.07, 6.45) is 6.89. The molecule has 0 atom stereocenters. The van der Waals surface area contributed by atoms with Crippen LogP contribution < -0.4 is 36.9 Å². The minimum atomic E-state index is -0.725. The molecule has 1 amide bonds. The molecule has 21 nitrogen and oxygen atoms in total. The van der Waals surface area contributed by atoms with Crippen LogP contribution in [0, 0.1) is 11.6 Å². The summed E-state index contributed by atoms with van der Waals surface area (Å²) >= 11 is 0. The van der Waals surface area contributed by atoms with Gasteiger partial charge in [0.25, 0.3) is 0 Å². The van der Waals surface area contributed by atoms with Crippen molar-refractivity contribution in [2.75, 3.05) is 128 Å². The number of aliphatic carboxylic acids is 1. The molecule has 4 aliphatic rings. The number of halogens is 2. The second kappa shape index (κ2) is 27.1. The summed E-state index contributed by atoms with van der Waals surface area (Å²) in [4.78, 5) is 71.4. The van der Waals surface area contributed by atoms with Crippen molar-refractivity contribution in [2.24, 2.45) is 0 Å². The molecule has 0 aliphatic carbocycles. The molecule has 8 N–H and O–H groups in total. The minimum absolute atomic E-state index is 0.00505. The first-order valence-corrected chi connectivity index (χ1v) is 23.7. The third-order valence-corrected chi connectivity index (χ3v) is 12.3. The Kier molecular flexibility index (Phi) is 20.5. The van der Waals surface area contributed by atoms with Gasteiger partial charge in [-0.3, -0.25) is 29.0 Å². The van der Waals surface area contributed by atoms with Crippen LogP contribution in [-0.4, -0.2) is 181 Å². The van der Waals surface area contributed by atoms with Crippen LogP contribution in [0.15, 0.2) is 48.8 Å². The zero-order chi connectivity index (χ0) is 50.7. The van der Waals surface area contributed by atoms with Crippen molar-refractivity contribution in [3.8, 4) is 11.5 Å². The number of ketones is 2. The predicted octanol–water partition coefficient (Wildman–Crippen LogP) is 2.96. The monoisotopic (exact) mass is 990 g/mol. The Morgan fingerprint density at radius 3 is 1.54 bits per heavy atom. The number of rotatable bonds is 16. The lowest BCUT2D eigenvalue weighted by molar-refractivity contribution is -0.137. The number of likely N-dealkylation sites (tertiary alicyclic amines) is 1. The molecule has 384 valence electrons. The Hall–Kier alpha value is -6.66. The maximum Gasteiger partial charge on any atom is 0.304 e. The lowest BCUT2D eigenvalue weighted by Crippen LogP contribution is -2.44. The highest BCUT2D eigenvalue weighted by Crippen LogP contribution is 2.27. The topological polar surface area (TPSA) is 275 Å². The molecular weight excluding hydrogens is 927 g/mol. The number of carboxylic acid groups (broad SMARTS) is 1. The third-order valence-electron chi connectivity index (χ3n) is 12.3. The number of hydrogen-bond donors (Lipinski definition) is 6. The highest BCUT2D eigenvalue weighted by molar-refractivity contribution is 6.13. The molecule has 0 radical (unpaired) electrons. The van der Waals surface area contributed by atoms with E-state index >= 15 is 0 Å². The number of hydrogen-bond acceptors (Lipinski definition) is 19. The van der Waals surface area contributed by atoms with Crippen LogP contribution in [0.2, 0.25) is 0 Å².